The Labute approximate surface area is 114 Å². The molecule has 98 valence electrons. The van der Waals surface area contributed by atoms with Crippen LogP contribution in [0.1, 0.15) is 24.2 Å². The normalized spacial score (nSPS) is 24.1. The molecule has 1 aliphatic rings. The van der Waals surface area contributed by atoms with Crippen LogP contribution in [-0.4, -0.2) is 36.1 Å². The van der Waals surface area contributed by atoms with Gasteiger partial charge in [-0.2, -0.15) is 0 Å². The van der Waals surface area contributed by atoms with Gasteiger partial charge in [0, 0.05) is 13.1 Å². The number of hydrogen-bond donors (Lipinski definition) is 0. The summed E-state index contributed by atoms with van der Waals surface area (Å²) >= 11 is 3.12. The number of amides is 1. The molecule has 1 aromatic carbocycles. The molecule has 1 fully saturated rings. The summed E-state index contributed by atoms with van der Waals surface area (Å²) in [7, 11) is 0. The van der Waals surface area contributed by atoms with Gasteiger partial charge in [-0.3, -0.25) is 4.79 Å². The van der Waals surface area contributed by atoms with Gasteiger partial charge in [0.15, 0.2) is 0 Å². The van der Waals surface area contributed by atoms with E-state index in [-0.39, 0.29) is 22.6 Å². The highest BCUT2D eigenvalue weighted by molar-refractivity contribution is 9.10. The molecule has 0 aromatic heterocycles. The van der Waals surface area contributed by atoms with Crippen LogP contribution in [0, 0.1) is 5.82 Å². The van der Waals surface area contributed by atoms with Crippen molar-refractivity contribution in [3.05, 3.63) is 34.1 Å². The topological polar surface area (TPSA) is 29.5 Å². The van der Waals surface area contributed by atoms with Gasteiger partial charge in [-0.1, -0.05) is 6.07 Å². The van der Waals surface area contributed by atoms with E-state index in [1.54, 1.807) is 17.0 Å². The van der Waals surface area contributed by atoms with Crippen molar-refractivity contribution in [1.82, 2.24) is 4.90 Å². The lowest BCUT2D eigenvalue weighted by Crippen LogP contribution is -2.48. The van der Waals surface area contributed by atoms with Gasteiger partial charge in [0.2, 0.25) is 0 Å². The monoisotopic (exact) mass is 315 g/mol. The van der Waals surface area contributed by atoms with E-state index >= 15 is 0 Å². The molecule has 2 atom stereocenters. The average molecular weight is 316 g/mol. The summed E-state index contributed by atoms with van der Waals surface area (Å²) < 4.78 is 19.2. The number of nitrogens with zero attached hydrogens (tertiary/aromatic N) is 1. The summed E-state index contributed by atoms with van der Waals surface area (Å²) in [4.78, 5) is 14.0. The minimum atomic E-state index is -0.421. The van der Waals surface area contributed by atoms with E-state index in [0.29, 0.717) is 18.7 Å². The Morgan fingerprint density at radius 3 is 2.61 bits per heavy atom. The molecule has 1 amide bonds. The van der Waals surface area contributed by atoms with E-state index in [9.17, 15) is 9.18 Å². The third kappa shape index (κ3) is 2.72. The number of halogens is 2. The molecule has 5 heteroatoms. The minimum Gasteiger partial charge on any atom is -0.372 e. The van der Waals surface area contributed by atoms with E-state index < -0.39 is 5.82 Å². The lowest BCUT2D eigenvalue weighted by Gasteiger charge is -2.35. The molecule has 1 heterocycles. The molecule has 18 heavy (non-hydrogen) atoms. The van der Waals surface area contributed by atoms with Crippen LogP contribution in [0.3, 0.4) is 0 Å². The van der Waals surface area contributed by atoms with Crippen molar-refractivity contribution in [3.63, 3.8) is 0 Å². The number of benzene rings is 1. The second kappa shape index (κ2) is 5.36. The van der Waals surface area contributed by atoms with Crippen LogP contribution in [0.15, 0.2) is 22.7 Å². The second-order valence-corrected chi connectivity index (χ2v) is 5.36. The Bertz CT molecular complexity index is 456. The second-order valence-electron chi connectivity index (χ2n) is 4.57. The SMILES string of the molecule is CC1CN(C(=O)c2cccc(F)c2Br)CC(C)O1. The van der Waals surface area contributed by atoms with Gasteiger partial charge < -0.3 is 9.64 Å². The lowest BCUT2D eigenvalue weighted by molar-refractivity contribution is -0.0586. The van der Waals surface area contributed by atoms with E-state index in [1.807, 2.05) is 13.8 Å². The van der Waals surface area contributed by atoms with Gasteiger partial charge in [-0.05, 0) is 41.9 Å². The molecule has 0 radical (unpaired) electrons. The van der Waals surface area contributed by atoms with Crippen molar-refractivity contribution >= 4 is 21.8 Å². The zero-order chi connectivity index (χ0) is 13.3. The molecule has 0 N–H and O–H groups in total. The third-order valence-electron chi connectivity index (χ3n) is 2.89. The summed E-state index contributed by atoms with van der Waals surface area (Å²) in [5, 5.41) is 0. The fourth-order valence-corrected chi connectivity index (χ4v) is 2.62. The average Bonchev–Trinajstić information content (AvgIpc) is 2.30. The summed E-state index contributed by atoms with van der Waals surface area (Å²) in [6.45, 7) is 4.92. The lowest BCUT2D eigenvalue weighted by atomic mass is 10.1. The number of hydrogen-bond acceptors (Lipinski definition) is 2. The maximum atomic E-state index is 13.4. The van der Waals surface area contributed by atoms with Crippen molar-refractivity contribution in [3.8, 4) is 0 Å². The van der Waals surface area contributed by atoms with Crippen LogP contribution >= 0.6 is 15.9 Å². The zero-order valence-electron chi connectivity index (χ0n) is 10.3. The quantitative estimate of drug-likeness (QED) is 0.797. The highest BCUT2D eigenvalue weighted by atomic mass is 79.9. The molecule has 3 nitrogen and oxygen atoms in total. The van der Waals surface area contributed by atoms with Crippen LogP contribution in [0.2, 0.25) is 0 Å². The smallest absolute Gasteiger partial charge is 0.255 e. The Hall–Kier alpha value is -0.940. The standard InChI is InChI=1S/C13H15BrFNO2/c1-8-6-16(7-9(2)18-8)13(17)10-4-3-5-11(15)12(10)14/h3-5,8-9H,6-7H2,1-2H3. The molecule has 1 aromatic rings. The Balaban J connectivity index is 2.23. The highest BCUT2D eigenvalue weighted by Gasteiger charge is 2.27. The summed E-state index contributed by atoms with van der Waals surface area (Å²) in [5.74, 6) is -0.585. The van der Waals surface area contributed by atoms with Gasteiger partial charge >= 0.3 is 0 Å². The first-order chi connectivity index (χ1) is 8.49. The van der Waals surface area contributed by atoms with E-state index in [1.165, 1.54) is 6.07 Å². The first-order valence-corrected chi connectivity index (χ1v) is 6.67. The van der Waals surface area contributed by atoms with Crippen molar-refractivity contribution in [2.24, 2.45) is 0 Å². The molecule has 0 bridgehead atoms. The largest absolute Gasteiger partial charge is 0.372 e. The summed E-state index contributed by atoms with van der Waals surface area (Å²) in [6.07, 6.45) is 0.00932. The minimum absolute atomic E-state index is 0.00466. The third-order valence-corrected chi connectivity index (χ3v) is 3.69. The van der Waals surface area contributed by atoms with Crippen molar-refractivity contribution in [2.75, 3.05) is 13.1 Å². The van der Waals surface area contributed by atoms with E-state index in [0.717, 1.165) is 0 Å². The zero-order valence-corrected chi connectivity index (χ0v) is 11.9. The van der Waals surface area contributed by atoms with Crippen LogP contribution in [-0.2, 0) is 4.74 Å². The number of ether oxygens (including phenoxy) is 1. The van der Waals surface area contributed by atoms with Gasteiger partial charge in [-0.15, -0.1) is 0 Å². The van der Waals surface area contributed by atoms with E-state index in [2.05, 4.69) is 15.9 Å². The number of carbonyl (C=O) groups excluding carboxylic acids is 1. The fraction of sp³-hybridized carbons (Fsp3) is 0.462. The molecular weight excluding hydrogens is 301 g/mol. The number of rotatable bonds is 1. The molecule has 1 saturated heterocycles. The molecule has 0 aliphatic carbocycles. The van der Waals surface area contributed by atoms with Gasteiger partial charge in [-0.25, -0.2) is 4.39 Å². The van der Waals surface area contributed by atoms with Gasteiger partial charge in [0.05, 0.1) is 22.2 Å². The van der Waals surface area contributed by atoms with E-state index in [4.69, 9.17) is 4.74 Å². The summed E-state index contributed by atoms with van der Waals surface area (Å²) in [6, 6.07) is 4.49. The molecular formula is C13H15BrFNO2. The Morgan fingerprint density at radius 1 is 1.39 bits per heavy atom. The van der Waals surface area contributed by atoms with Crippen LogP contribution in [0.4, 0.5) is 4.39 Å². The fourth-order valence-electron chi connectivity index (χ4n) is 2.18. The molecule has 2 unspecified atom stereocenters. The predicted molar refractivity (Wildman–Crippen MR) is 70.0 cm³/mol. The summed E-state index contributed by atoms with van der Waals surface area (Å²) in [5.41, 5.74) is 0.358. The molecule has 0 spiro atoms. The number of carbonyl (C=O) groups is 1. The maximum absolute atomic E-state index is 13.4. The van der Waals surface area contributed by atoms with Crippen molar-refractivity contribution < 1.29 is 13.9 Å². The van der Waals surface area contributed by atoms with Crippen LogP contribution in [0.5, 0.6) is 0 Å². The molecule has 0 saturated carbocycles. The van der Waals surface area contributed by atoms with Crippen LogP contribution < -0.4 is 0 Å². The molecule has 1 aliphatic heterocycles. The Kier molecular flexibility index (Phi) is 4.02. The number of morpholine rings is 1. The van der Waals surface area contributed by atoms with Gasteiger partial charge in [0.25, 0.3) is 5.91 Å². The van der Waals surface area contributed by atoms with Crippen molar-refractivity contribution in [2.45, 2.75) is 26.1 Å². The highest BCUT2D eigenvalue weighted by Crippen LogP contribution is 2.23. The molecule has 2 rings (SSSR count). The predicted octanol–water partition coefficient (Wildman–Crippen LogP) is 2.84. The maximum Gasteiger partial charge on any atom is 0.255 e. The first kappa shape index (κ1) is 13.5. The van der Waals surface area contributed by atoms with Gasteiger partial charge in [0.1, 0.15) is 5.82 Å². The first-order valence-electron chi connectivity index (χ1n) is 5.87. The van der Waals surface area contributed by atoms with Crippen LogP contribution in [0.25, 0.3) is 0 Å². The Morgan fingerprint density at radius 2 is 2.00 bits per heavy atom. The van der Waals surface area contributed by atoms with Crippen molar-refractivity contribution in [1.29, 1.82) is 0 Å².